The Morgan fingerprint density at radius 2 is 1.24 bits per heavy atom. The highest BCUT2D eigenvalue weighted by Gasteiger charge is 2.15. The minimum absolute atomic E-state index is 1.16. The van der Waals surface area contributed by atoms with Crippen LogP contribution in [-0.4, -0.2) is 4.57 Å². The maximum absolute atomic E-state index is 3.75. The first-order valence-corrected chi connectivity index (χ1v) is 12.6. The van der Waals surface area contributed by atoms with Gasteiger partial charge in [0.25, 0.3) is 0 Å². The Kier molecular flexibility index (Phi) is 4.23. The molecule has 0 bridgehead atoms. The van der Waals surface area contributed by atoms with Gasteiger partial charge in [0.2, 0.25) is 0 Å². The van der Waals surface area contributed by atoms with Crippen LogP contribution in [0.25, 0.3) is 58.8 Å². The quantitative estimate of drug-likeness (QED) is 0.221. The lowest BCUT2D eigenvalue weighted by molar-refractivity contribution is 1.18. The summed E-state index contributed by atoms with van der Waals surface area (Å²) in [4.78, 5) is 0. The molecule has 0 fully saturated rings. The molecule has 0 aliphatic carbocycles. The van der Waals surface area contributed by atoms with Crippen molar-refractivity contribution >= 4 is 69.2 Å². The van der Waals surface area contributed by atoms with Crippen LogP contribution in [0.1, 0.15) is 0 Å². The fourth-order valence-electron chi connectivity index (χ4n) is 5.01. The van der Waals surface area contributed by atoms with Gasteiger partial charge in [-0.1, -0.05) is 72.8 Å². The van der Waals surface area contributed by atoms with E-state index in [1.165, 1.54) is 58.8 Å². The second-order valence-electron chi connectivity index (χ2n) is 8.32. The second kappa shape index (κ2) is 7.31. The number of hydrogen-bond acceptors (Lipinski definition) is 1. The highest BCUT2D eigenvalue weighted by Crippen LogP contribution is 2.43. The molecule has 33 heavy (non-hydrogen) atoms. The number of nitrogens with zero attached hydrogens (tertiary/aromatic N) is 1. The standard InChI is InChI=1S/C30H18BrNS/c31-26-14-7-13-24-23-12-6-11-21(29(23)33-30(24)26)19-16-17-28-25(18-19)22-10-4-5-15-27(22)32(28)20-8-2-1-3-9-20/h1-18H. The molecule has 0 amide bonds. The van der Waals surface area contributed by atoms with E-state index in [0.717, 1.165) is 4.47 Å². The summed E-state index contributed by atoms with van der Waals surface area (Å²) in [6.45, 7) is 0. The van der Waals surface area contributed by atoms with Crippen LogP contribution in [-0.2, 0) is 0 Å². The van der Waals surface area contributed by atoms with E-state index in [1.807, 2.05) is 11.3 Å². The molecule has 0 spiro atoms. The summed E-state index contributed by atoms with van der Waals surface area (Å²) in [5.74, 6) is 0. The molecule has 0 aliphatic heterocycles. The molecule has 1 nitrogen and oxygen atoms in total. The summed E-state index contributed by atoms with van der Waals surface area (Å²) in [7, 11) is 0. The number of aromatic nitrogens is 1. The van der Waals surface area contributed by atoms with Crippen LogP contribution in [0.3, 0.4) is 0 Å². The summed E-state index contributed by atoms with van der Waals surface area (Å²) >= 11 is 5.62. The van der Waals surface area contributed by atoms with Crippen molar-refractivity contribution in [1.29, 1.82) is 0 Å². The Balaban J connectivity index is 1.54. The van der Waals surface area contributed by atoms with Crippen molar-refractivity contribution < 1.29 is 0 Å². The van der Waals surface area contributed by atoms with Crippen LogP contribution < -0.4 is 0 Å². The molecule has 0 unspecified atom stereocenters. The number of thiophene rings is 1. The molecule has 7 aromatic rings. The first-order chi connectivity index (χ1) is 16.3. The molecule has 0 N–H and O–H groups in total. The normalized spacial score (nSPS) is 11.8. The van der Waals surface area contributed by atoms with Gasteiger partial charge in [-0.25, -0.2) is 0 Å². The van der Waals surface area contributed by atoms with Crippen LogP contribution in [0.15, 0.2) is 114 Å². The molecule has 7 rings (SSSR count). The van der Waals surface area contributed by atoms with Gasteiger partial charge in [-0.15, -0.1) is 11.3 Å². The Bertz CT molecular complexity index is 1830. The topological polar surface area (TPSA) is 4.93 Å². The Labute approximate surface area is 203 Å². The maximum Gasteiger partial charge on any atom is 0.0541 e. The van der Waals surface area contributed by atoms with Crippen molar-refractivity contribution in [2.45, 2.75) is 0 Å². The number of halogens is 1. The number of para-hydroxylation sites is 2. The fourth-order valence-corrected chi connectivity index (χ4v) is 6.86. The Hall–Kier alpha value is -3.40. The van der Waals surface area contributed by atoms with Crippen molar-refractivity contribution in [3.8, 4) is 16.8 Å². The zero-order valence-electron chi connectivity index (χ0n) is 17.6. The van der Waals surface area contributed by atoms with Gasteiger partial charge in [-0.2, -0.15) is 0 Å². The van der Waals surface area contributed by atoms with Crippen LogP contribution in [0.5, 0.6) is 0 Å². The number of rotatable bonds is 2. The first kappa shape index (κ1) is 19.1. The molecule has 2 aromatic heterocycles. The lowest BCUT2D eigenvalue weighted by atomic mass is 10.0. The van der Waals surface area contributed by atoms with Gasteiger partial charge < -0.3 is 4.57 Å². The molecule has 3 heteroatoms. The van der Waals surface area contributed by atoms with E-state index >= 15 is 0 Å². The largest absolute Gasteiger partial charge is 0.309 e. The lowest BCUT2D eigenvalue weighted by Gasteiger charge is -2.08. The molecule has 0 saturated heterocycles. The zero-order chi connectivity index (χ0) is 21.9. The van der Waals surface area contributed by atoms with Crippen LogP contribution in [0.4, 0.5) is 0 Å². The molecule has 0 saturated carbocycles. The van der Waals surface area contributed by atoms with Crippen LogP contribution in [0.2, 0.25) is 0 Å². The monoisotopic (exact) mass is 503 g/mol. The summed E-state index contributed by atoms with van der Waals surface area (Å²) in [6.07, 6.45) is 0. The van der Waals surface area contributed by atoms with E-state index in [2.05, 4.69) is 130 Å². The smallest absolute Gasteiger partial charge is 0.0541 e. The Morgan fingerprint density at radius 1 is 0.545 bits per heavy atom. The van der Waals surface area contributed by atoms with Crippen molar-refractivity contribution in [3.05, 3.63) is 114 Å². The Morgan fingerprint density at radius 3 is 2.12 bits per heavy atom. The maximum atomic E-state index is 3.75. The summed E-state index contributed by atoms with van der Waals surface area (Å²) in [5, 5.41) is 5.20. The van der Waals surface area contributed by atoms with Gasteiger partial charge in [0.05, 0.1) is 11.0 Å². The van der Waals surface area contributed by atoms with Crippen molar-refractivity contribution in [2.75, 3.05) is 0 Å². The van der Waals surface area contributed by atoms with Gasteiger partial charge >= 0.3 is 0 Å². The van der Waals surface area contributed by atoms with Gasteiger partial charge in [-0.3, -0.25) is 0 Å². The lowest BCUT2D eigenvalue weighted by Crippen LogP contribution is -1.92. The number of benzene rings is 5. The van der Waals surface area contributed by atoms with Gasteiger partial charge in [-0.05, 0) is 63.5 Å². The minimum Gasteiger partial charge on any atom is -0.309 e. The molecule has 0 radical (unpaired) electrons. The van der Waals surface area contributed by atoms with E-state index < -0.39 is 0 Å². The van der Waals surface area contributed by atoms with Crippen molar-refractivity contribution in [1.82, 2.24) is 4.57 Å². The van der Waals surface area contributed by atoms with E-state index in [0.29, 0.717) is 0 Å². The van der Waals surface area contributed by atoms with Crippen molar-refractivity contribution in [2.24, 2.45) is 0 Å². The fraction of sp³-hybridized carbons (Fsp3) is 0. The summed E-state index contributed by atoms with van der Waals surface area (Å²) in [6, 6.07) is 39.4. The molecule has 5 aromatic carbocycles. The third kappa shape index (κ3) is 2.83. The minimum atomic E-state index is 1.16. The van der Waals surface area contributed by atoms with Gasteiger partial charge in [0.1, 0.15) is 0 Å². The van der Waals surface area contributed by atoms with Crippen molar-refractivity contribution in [3.63, 3.8) is 0 Å². The van der Waals surface area contributed by atoms with Crippen LogP contribution >= 0.6 is 27.3 Å². The highest BCUT2D eigenvalue weighted by atomic mass is 79.9. The molecule has 0 atom stereocenters. The molecule has 156 valence electrons. The summed E-state index contributed by atoms with van der Waals surface area (Å²) < 4.78 is 6.17. The average molecular weight is 504 g/mol. The van der Waals surface area contributed by atoms with E-state index in [1.54, 1.807) is 0 Å². The van der Waals surface area contributed by atoms with E-state index in [-0.39, 0.29) is 0 Å². The third-order valence-electron chi connectivity index (χ3n) is 6.47. The SMILES string of the molecule is Brc1cccc2c1sc1c(-c3ccc4c(c3)c3ccccc3n4-c3ccccc3)cccc12. The van der Waals surface area contributed by atoms with E-state index in [4.69, 9.17) is 0 Å². The molecular formula is C30H18BrNS. The second-order valence-corrected chi connectivity index (χ2v) is 10.2. The van der Waals surface area contributed by atoms with Crippen LogP contribution in [0, 0.1) is 0 Å². The first-order valence-electron chi connectivity index (χ1n) is 11.0. The summed E-state index contributed by atoms with van der Waals surface area (Å²) in [5.41, 5.74) is 6.20. The highest BCUT2D eigenvalue weighted by molar-refractivity contribution is 9.10. The third-order valence-corrected chi connectivity index (χ3v) is 8.69. The molecule has 2 heterocycles. The molecule has 0 aliphatic rings. The van der Waals surface area contributed by atoms with E-state index in [9.17, 15) is 0 Å². The van der Waals surface area contributed by atoms with Gasteiger partial charge in [0.15, 0.2) is 0 Å². The van der Waals surface area contributed by atoms with Gasteiger partial charge in [0, 0.05) is 41.1 Å². The number of fused-ring (bicyclic) bond motifs is 6. The average Bonchev–Trinajstić information content (AvgIpc) is 3.41. The predicted molar refractivity (Wildman–Crippen MR) is 147 cm³/mol. The predicted octanol–water partition coefficient (Wildman–Crippen LogP) is 9.58. The molecular weight excluding hydrogens is 486 g/mol. The zero-order valence-corrected chi connectivity index (χ0v) is 20.0. The number of hydrogen-bond donors (Lipinski definition) is 0.